The zero-order valence-electron chi connectivity index (χ0n) is 14.9. The molecule has 0 spiro atoms. The molecular weight excluding hydrogens is 314 g/mol. The lowest BCUT2D eigenvalue weighted by Gasteiger charge is -2.24. The molecule has 25 heavy (non-hydrogen) atoms. The number of pyridine rings is 1. The number of carbonyl (C=O) groups excluding carboxylic acids is 1. The van der Waals surface area contributed by atoms with E-state index in [1.807, 2.05) is 30.3 Å². The van der Waals surface area contributed by atoms with Crippen LogP contribution in [0.5, 0.6) is 0 Å². The number of rotatable bonds is 2. The largest absolute Gasteiger partial charge is 0.465 e. The van der Waals surface area contributed by atoms with Crippen molar-refractivity contribution in [3.8, 4) is 5.69 Å². The summed E-state index contributed by atoms with van der Waals surface area (Å²) in [6.45, 7) is 6.29. The number of methoxy groups -OCH3 is 1. The van der Waals surface area contributed by atoms with Gasteiger partial charge in [-0.1, -0.05) is 57.2 Å². The van der Waals surface area contributed by atoms with Crippen LogP contribution in [-0.2, 0) is 10.2 Å². The van der Waals surface area contributed by atoms with Crippen molar-refractivity contribution in [2.75, 3.05) is 7.11 Å². The highest BCUT2D eigenvalue weighted by molar-refractivity contribution is 6.04. The lowest BCUT2D eigenvalue weighted by atomic mass is 9.85. The summed E-state index contributed by atoms with van der Waals surface area (Å²) in [6.07, 6.45) is 1.58. The average molecular weight is 335 g/mol. The van der Waals surface area contributed by atoms with Crippen molar-refractivity contribution in [2.24, 2.45) is 0 Å². The van der Waals surface area contributed by atoms with E-state index in [0.717, 1.165) is 11.3 Å². The standard InChI is InChI=1S/C21H21NO3/c1-21(2,3)17-11-7-8-12-18(17)22-13-16(20(24)25-4)14-9-5-6-10-15(14)19(22)23/h5-13H,1-4H3. The second-order valence-corrected chi connectivity index (χ2v) is 7.02. The van der Waals surface area contributed by atoms with Crippen molar-refractivity contribution in [1.29, 1.82) is 0 Å². The van der Waals surface area contributed by atoms with E-state index in [1.165, 1.54) is 7.11 Å². The number of esters is 1. The van der Waals surface area contributed by atoms with Gasteiger partial charge in [0, 0.05) is 17.0 Å². The van der Waals surface area contributed by atoms with E-state index < -0.39 is 5.97 Å². The predicted molar refractivity (Wildman–Crippen MR) is 99.6 cm³/mol. The predicted octanol–water partition coefficient (Wildman–Crippen LogP) is 4.07. The number of para-hydroxylation sites is 1. The molecule has 3 aromatic rings. The van der Waals surface area contributed by atoms with Crippen molar-refractivity contribution in [3.05, 3.63) is 76.2 Å². The molecular formula is C21H21NO3. The number of ether oxygens (including phenoxy) is 1. The highest BCUT2D eigenvalue weighted by atomic mass is 16.5. The van der Waals surface area contributed by atoms with Gasteiger partial charge in [0.2, 0.25) is 0 Å². The topological polar surface area (TPSA) is 48.3 Å². The number of hydrogen-bond donors (Lipinski definition) is 0. The first-order valence-electron chi connectivity index (χ1n) is 8.17. The van der Waals surface area contributed by atoms with Crippen LogP contribution in [0.4, 0.5) is 0 Å². The fraction of sp³-hybridized carbons (Fsp3) is 0.238. The van der Waals surface area contributed by atoms with Crippen LogP contribution >= 0.6 is 0 Å². The fourth-order valence-electron chi connectivity index (χ4n) is 3.06. The first kappa shape index (κ1) is 17.0. The number of benzene rings is 2. The summed E-state index contributed by atoms with van der Waals surface area (Å²) >= 11 is 0. The Morgan fingerprint density at radius 1 is 0.960 bits per heavy atom. The SMILES string of the molecule is COC(=O)c1cn(-c2ccccc2C(C)(C)C)c(=O)c2ccccc12. The molecule has 0 radical (unpaired) electrons. The van der Waals surface area contributed by atoms with Gasteiger partial charge in [0.15, 0.2) is 0 Å². The third-order valence-corrected chi connectivity index (χ3v) is 4.30. The Bertz CT molecular complexity index is 1010. The molecule has 0 fully saturated rings. The van der Waals surface area contributed by atoms with Crippen molar-refractivity contribution in [1.82, 2.24) is 4.57 Å². The minimum Gasteiger partial charge on any atom is -0.465 e. The minimum absolute atomic E-state index is 0.146. The minimum atomic E-state index is -0.460. The molecule has 3 rings (SSSR count). The zero-order valence-corrected chi connectivity index (χ0v) is 14.9. The Hall–Kier alpha value is -2.88. The maximum atomic E-state index is 13.1. The molecule has 0 aliphatic carbocycles. The van der Waals surface area contributed by atoms with E-state index in [2.05, 4.69) is 20.8 Å². The molecule has 0 aliphatic heterocycles. The number of carbonyl (C=O) groups is 1. The van der Waals surface area contributed by atoms with Crippen molar-refractivity contribution in [2.45, 2.75) is 26.2 Å². The van der Waals surface area contributed by atoms with Crippen LogP contribution in [0, 0.1) is 0 Å². The molecule has 1 heterocycles. The summed E-state index contributed by atoms with van der Waals surface area (Å²) in [7, 11) is 1.34. The normalized spacial score (nSPS) is 11.5. The molecule has 0 amide bonds. The Morgan fingerprint density at radius 3 is 2.20 bits per heavy atom. The highest BCUT2D eigenvalue weighted by Gasteiger charge is 2.21. The van der Waals surface area contributed by atoms with Crippen LogP contribution < -0.4 is 5.56 Å². The van der Waals surface area contributed by atoms with Gasteiger partial charge in [0.1, 0.15) is 0 Å². The summed E-state index contributed by atoms with van der Waals surface area (Å²) in [5.41, 5.74) is 1.88. The van der Waals surface area contributed by atoms with Crippen molar-refractivity contribution < 1.29 is 9.53 Å². The number of hydrogen-bond acceptors (Lipinski definition) is 3. The Morgan fingerprint density at radius 2 is 1.56 bits per heavy atom. The first-order chi connectivity index (χ1) is 11.8. The second-order valence-electron chi connectivity index (χ2n) is 7.02. The summed E-state index contributed by atoms with van der Waals surface area (Å²) in [5, 5.41) is 1.10. The molecule has 4 nitrogen and oxygen atoms in total. The maximum absolute atomic E-state index is 13.1. The van der Waals surface area contributed by atoms with Gasteiger partial charge >= 0.3 is 5.97 Å². The molecule has 4 heteroatoms. The van der Waals surface area contributed by atoms with Crippen LogP contribution in [0.3, 0.4) is 0 Å². The zero-order chi connectivity index (χ0) is 18.2. The lowest BCUT2D eigenvalue weighted by Crippen LogP contribution is -2.24. The van der Waals surface area contributed by atoms with Gasteiger partial charge in [-0.15, -0.1) is 0 Å². The van der Waals surface area contributed by atoms with Gasteiger partial charge < -0.3 is 4.74 Å². The van der Waals surface area contributed by atoms with Crippen molar-refractivity contribution >= 4 is 16.7 Å². The molecule has 0 bridgehead atoms. The van der Waals surface area contributed by atoms with Gasteiger partial charge in [-0.05, 0) is 23.1 Å². The van der Waals surface area contributed by atoms with E-state index in [4.69, 9.17) is 4.74 Å². The van der Waals surface area contributed by atoms with Gasteiger partial charge in [-0.2, -0.15) is 0 Å². The molecule has 0 atom stereocenters. The summed E-state index contributed by atoms with van der Waals surface area (Å²) in [4.78, 5) is 25.3. The van der Waals surface area contributed by atoms with E-state index >= 15 is 0 Å². The molecule has 2 aromatic carbocycles. The van der Waals surface area contributed by atoms with Crippen LogP contribution in [-0.4, -0.2) is 17.6 Å². The molecule has 0 aliphatic rings. The second kappa shape index (κ2) is 6.20. The van der Waals surface area contributed by atoms with Crippen LogP contribution in [0.15, 0.2) is 59.5 Å². The highest BCUT2D eigenvalue weighted by Crippen LogP contribution is 2.28. The van der Waals surface area contributed by atoms with Crippen molar-refractivity contribution in [3.63, 3.8) is 0 Å². The number of aromatic nitrogens is 1. The number of nitrogens with zero attached hydrogens (tertiary/aromatic N) is 1. The van der Waals surface area contributed by atoms with E-state index in [0.29, 0.717) is 16.3 Å². The number of fused-ring (bicyclic) bond motifs is 1. The third-order valence-electron chi connectivity index (χ3n) is 4.30. The maximum Gasteiger partial charge on any atom is 0.340 e. The van der Waals surface area contributed by atoms with Gasteiger partial charge in [0.05, 0.1) is 18.4 Å². The Balaban J connectivity index is 2.42. The molecule has 0 unspecified atom stereocenters. The molecule has 1 aromatic heterocycles. The van der Waals surface area contributed by atoms with Gasteiger partial charge in [-0.3, -0.25) is 9.36 Å². The monoisotopic (exact) mass is 335 g/mol. The fourth-order valence-corrected chi connectivity index (χ4v) is 3.06. The Kier molecular flexibility index (Phi) is 4.21. The van der Waals surface area contributed by atoms with E-state index in [-0.39, 0.29) is 11.0 Å². The first-order valence-corrected chi connectivity index (χ1v) is 8.17. The average Bonchev–Trinajstić information content (AvgIpc) is 2.61. The smallest absolute Gasteiger partial charge is 0.340 e. The van der Waals surface area contributed by atoms with Crippen LogP contribution in [0.2, 0.25) is 0 Å². The quantitative estimate of drug-likeness (QED) is 0.663. The lowest BCUT2D eigenvalue weighted by molar-refractivity contribution is 0.0602. The summed E-state index contributed by atoms with van der Waals surface area (Å²) in [6, 6.07) is 14.9. The van der Waals surface area contributed by atoms with Gasteiger partial charge in [0.25, 0.3) is 5.56 Å². The van der Waals surface area contributed by atoms with Gasteiger partial charge in [-0.25, -0.2) is 4.79 Å². The molecule has 0 saturated heterocycles. The molecule has 0 saturated carbocycles. The van der Waals surface area contributed by atoms with Crippen LogP contribution in [0.1, 0.15) is 36.7 Å². The molecule has 0 N–H and O–H groups in total. The molecule has 128 valence electrons. The van der Waals surface area contributed by atoms with E-state index in [9.17, 15) is 9.59 Å². The Labute approximate surface area is 146 Å². The van der Waals surface area contributed by atoms with E-state index in [1.54, 1.807) is 29.0 Å². The van der Waals surface area contributed by atoms with Crippen LogP contribution in [0.25, 0.3) is 16.5 Å². The summed E-state index contributed by atoms with van der Waals surface area (Å²) in [5.74, 6) is -0.460. The third kappa shape index (κ3) is 2.95. The summed E-state index contributed by atoms with van der Waals surface area (Å²) < 4.78 is 6.47.